The molecule has 1 aliphatic rings. The summed E-state index contributed by atoms with van der Waals surface area (Å²) in [6.07, 6.45) is 4.68. The van der Waals surface area contributed by atoms with Gasteiger partial charge in [-0.05, 0) is 50.1 Å². The number of carbonyl (C=O) groups excluding carboxylic acids is 1. The van der Waals surface area contributed by atoms with Crippen molar-refractivity contribution in [2.24, 2.45) is 0 Å². The largest absolute Gasteiger partial charge is 0.490 e. The Morgan fingerprint density at radius 3 is 2.67 bits per heavy atom. The van der Waals surface area contributed by atoms with E-state index in [2.05, 4.69) is 18.7 Å². The van der Waals surface area contributed by atoms with E-state index >= 15 is 0 Å². The molecule has 0 bridgehead atoms. The van der Waals surface area contributed by atoms with Crippen LogP contribution in [0.2, 0.25) is 0 Å². The minimum Gasteiger partial charge on any atom is -0.490 e. The first kappa shape index (κ1) is 18.5. The lowest BCUT2D eigenvalue weighted by atomic mass is 10.00. The standard InChI is InChI=1S/C20H29NO3/c1-4-10-21-11-9-18(22)17(15-21)13-16-7-8-19(24-12-5-2)20(14-16)23-6-3/h7-8,13-14H,4-6,9-12,15H2,1-3H3/b17-13+. The van der Waals surface area contributed by atoms with Crippen molar-refractivity contribution in [2.75, 3.05) is 32.8 Å². The highest BCUT2D eigenvalue weighted by Crippen LogP contribution is 2.30. The van der Waals surface area contributed by atoms with Crippen molar-refractivity contribution in [3.8, 4) is 11.5 Å². The van der Waals surface area contributed by atoms with Gasteiger partial charge in [-0.15, -0.1) is 0 Å². The lowest BCUT2D eigenvalue weighted by Crippen LogP contribution is -2.36. The Morgan fingerprint density at radius 2 is 1.96 bits per heavy atom. The summed E-state index contributed by atoms with van der Waals surface area (Å²) < 4.78 is 11.4. The van der Waals surface area contributed by atoms with E-state index in [-0.39, 0.29) is 5.78 Å². The topological polar surface area (TPSA) is 38.8 Å². The van der Waals surface area contributed by atoms with Gasteiger partial charge in [0.05, 0.1) is 13.2 Å². The maximum absolute atomic E-state index is 12.2. The molecule has 0 atom stereocenters. The summed E-state index contributed by atoms with van der Waals surface area (Å²) in [5.41, 5.74) is 1.88. The van der Waals surface area contributed by atoms with Crippen LogP contribution in [0.3, 0.4) is 0 Å². The lowest BCUT2D eigenvalue weighted by Gasteiger charge is -2.27. The van der Waals surface area contributed by atoms with Crippen LogP contribution in [-0.2, 0) is 4.79 Å². The zero-order valence-corrected chi connectivity index (χ0v) is 15.1. The van der Waals surface area contributed by atoms with E-state index < -0.39 is 0 Å². The highest BCUT2D eigenvalue weighted by molar-refractivity contribution is 6.00. The Hall–Kier alpha value is -1.81. The highest BCUT2D eigenvalue weighted by atomic mass is 16.5. The normalized spacial score (nSPS) is 17.3. The van der Waals surface area contributed by atoms with Gasteiger partial charge in [-0.3, -0.25) is 9.69 Å². The second kappa shape index (κ2) is 9.48. The maximum atomic E-state index is 12.2. The van der Waals surface area contributed by atoms with E-state index in [0.717, 1.165) is 55.1 Å². The molecule has 0 unspecified atom stereocenters. The van der Waals surface area contributed by atoms with Gasteiger partial charge in [-0.2, -0.15) is 0 Å². The number of piperidine rings is 1. The molecule has 1 aliphatic heterocycles. The van der Waals surface area contributed by atoms with Crippen molar-refractivity contribution in [3.63, 3.8) is 0 Å². The van der Waals surface area contributed by atoms with Crippen LogP contribution in [0, 0.1) is 0 Å². The van der Waals surface area contributed by atoms with Gasteiger partial charge in [0.2, 0.25) is 0 Å². The smallest absolute Gasteiger partial charge is 0.161 e. The molecule has 1 heterocycles. The number of rotatable bonds is 8. The summed E-state index contributed by atoms with van der Waals surface area (Å²) >= 11 is 0. The van der Waals surface area contributed by atoms with E-state index in [9.17, 15) is 4.79 Å². The minimum absolute atomic E-state index is 0.256. The molecule has 1 aromatic rings. The lowest BCUT2D eigenvalue weighted by molar-refractivity contribution is -0.117. The van der Waals surface area contributed by atoms with E-state index in [1.165, 1.54) is 0 Å². The fourth-order valence-electron chi connectivity index (χ4n) is 2.88. The molecular weight excluding hydrogens is 302 g/mol. The van der Waals surface area contributed by atoms with Gasteiger partial charge in [0, 0.05) is 25.1 Å². The minimum atomic E-state index is 0.256. The van der Waals surface area contributed by atoms with Crippen molar-refractivity contribution in [3.05, 3.63) is 29.3 Å². The fraction of sp³-hybridized carbons (Fsp3) is 0.550. The van der Waals surface area contributed by atoms with Crippen LogP contribution >= 0.6 is 0 Å². The first-order valence-electron chi connectivity index (χ1n) is 9.03. The zero-order valence-electron chi connectivity index (χ0n) is 15.1. The molecule has 1 aromatic carbocycles. The first-order valence-corrected chi connectivity index (χ1v) is 9.03. The third-order valence-electron chi connectivity index (χ3n) is 4.02. The van der Waals surface area contributed by atoms with Gasteiger partial charge in [0.25, 0.3) is 0 Å². The molecule has 1 fully saturated rings. The molecule has 0 amide bonds. The number of carbonyl (C=O) groups is 1. The van der Waals surface area contributed by atoms with Crippen molar-refractivity contribution in [1.82, 2.24) is 4.90 Å². The molecule has 0 N–H and O–H groups in total. The molecule has 24 heavy (non-hydrogen) atoms. The molecule has 4 nitrogen and oxygen atoms in total. The summed E-state index contributed by atoms with van der Waals surface area (Å²) in [7, 11) is 0. The van der Waals surface area contributed by atoms with E-state index in [1.54, 1.807) is 0 Å². The predicted octanol–water partition coefficient (Wildman–Crippen LogP) is 3.94. The molecule has 0 saturated carbocycles. The number of hydrogen-bond acceptors (Lipinski definition) is 4. The number of nitrogens with zero attached hydrogens (tertiary/aromatic N) is 1. The molecule has 0 spiro atoms. The van der Waals surface area contributed by atoms with E-state index in [1.807, 2.05) is 31.2 Å². The van der Waals surface area contributed by atoms with Crippen LogP contribution in [0.25, 0.3) is 6.08 Å². The number of benzene rings is 1. The van der Waals surface area contributed by atoms with Gasteiger partial charge >= 0.3 is 0 Å². The van der Waals surface area contributed by atoms with Crippen LogP contribution in [0.1, 0.15) is 45.6 Å². The van der Waals surface area contributed by atoms with Gasteiger partial charge in [0.1, 0.15) is 0 Å². The Morgan fingerprint density at radius 1 is 1.12 bits per heavy atom. The summed E-state index contributed by atoms with van der Waals surface area (Å²) in [5.74, 6) is 1.77. The van der Waals surface area contributed by atoms with Gasteiger partial charge < -0.3 is 9.47 Å². The quantitative estimate of drug-likeness (QED) is 0.676. The van der Waals surface area contributed by atoms with Crippen LogP contribution in [0.15, 0.2) is 23.8 Å². The molecule has 0 aromatic heterocycles. The molecule has 0 radical (unpaired) electrons. The monoisotopic (exact) mass is 331 g/mol. The summed E-state index contributed by atoms with van der Waals surface area (Å²) in [6, 6.07) is 5.89. The molecule has 1 saturated heterocycles. The summed E-state index contributed by atoms with van der Waals surface area (Å²) in [5, 5.41) is 0. The average molecular weight is 331 g/mol. The predicted molar refractivity (Wildman–Crippen MR) is 97.7 cm³/mol. The van der Waals surface area contributed by atoms with Crippen molar-refractivity contribution in [1.29, 1.82) is 0 Å². The molecule has 2 rings (SSSR count). The van der Waals surface area contributed by atoms with Crippen LogP contribution < -0.4 is 9.47 Å². The summed E-state index contributed by atoms with van der Waals surface area (Å²) in [6.45, 7) is 10.1. The second-order valence-electron chi connectivity index (χ2n) is 6.11. The van der Waals surface area contributed by atoms with Crippen molar-refractivity contribution < 1.29 is 14.3 Å². The Kier molecular flexibility index (Phi) is 7.32. The zero-order chi connectivity index (χ0) is 17.4. The summed E-state index contributed by atoms with van der Waals surface area (Å²) in [4.78, 5) is 14.6. The third kappa shape index (κ3) is 5.10. The molecular formula is C20H29NO3. The Balaban J connectivity index is 2.20. The van der Waals surface area contributed by atoms with Crippen molar-refractivity contribution >= 4 is 11.9 Å². The molecule has 132 valence electrons. The van der Waals surface area contributed by atoms with Crippen LogP contribution in [-0.4, -0.2) is 43.5 Å². The number of likely N-dealkylation sites (tertiary alicyclic amines) is 1. The van der Waals surface area contributed by atoms with Crippen molar-refractivity contribution in [2.45, 2.75) is 40.0 Å². The third-order valence-corrected chi connectivity index (χ3v) is 4.02. The highest BCUT2D eigenvalue weighted by Gasteiger charge is 2.20. The Labute approximate surface area is 145 Å². The number of hydrogen-bond donors (Lipinski definition) is 0. The van der Waals surface area contributed by atoms with Crippen LogP contribution in [0.4, 0.5) is 0 Å². The fourth-order valence-corrected chi connectivity index (χ4v) is 2.88. The average Bonchev–Trinajstić information content (AvgIpc) is 2.58. The SMILES string of the molecule is CCCOc1ccc(/C=C2\CN(CCC)CCC2=O)cc1OCC. The number of ketones is 1. The first-order chi connectivity index (χ1) is 11.7. The molecule has 0 aliphatic carbocycles. The number of ether oxygens (including phenoxy) is 2. The van der Waals surface area contributed by atoms with Gasteiger partial charge in [0.15, 0.2) is 17.3 Å². The van der Waals surface area contributed by atoms with Crippen LogP contribution in [0.5, 0.6) is 11.5 Å². The number of Topliss-reactive ketones (excluding diaryl/α,β-unsaturated/α-hetero) is 1. The molecule has 4 heteroatoms. The van der Waals surface area contributed by atoms with Gasteiger partial charge in [-0.1, -0.05) is 19.9 Å². The Bertz CT molecular complexity index is 580. The van der Waals surface area contributed by atoms with E-state index in [4.69, 9.17) is 9.47 Å². The second-order valence-corrected chi connectivity index (χ2v) is 6.11. The van der Waals surface area contributed by atoms with Gasteiger partial charge in [-0.25, -0.2) is 0 Å². The van der Waals surface area contributed by atoms with E-state index in [0.29, 0.717) is 19.6 Å². The maximum Gasteiger partial charge on any atom is 0.161 e.